The molecule has 4 aromatic carbocycles. The lowest BCUT2D eigenvalue weighted by atomic mass is 9.94. The Morgan fingerprint density at radius 3 is 1.57 bits per heavy atom. The van der Waals surface area contributed by atoms with E-state index in [0.717, 1.165) is 11.1 Å². The smallest absolute Gasteiger partial charge is 0.338 e. The maximum Gasteiger partial charge on any atom is 0.338 e. The van der Waals surface area contributed by atoms with Crippen LogP contribution in [0.3, 0.4) is 0 Å². The van der Waals surface area contributed by atoms with Gasteiger partial charge in [0.2, 0.25) is 0 Å². The number of carbonyl (C=O) groups is 2. The van der Waals surface area contributed by atoms with Crippen LogP contribution in [0.1, 0.15) is 38.8 Å². The van der Waals surface area contributed by atoms with Crippen molar-refractivity contribution in [2.75, 3.05) is 6.61 Å². The van der Waals surface area contributed by atoms with Crippen LogP contribution in [0.4, 0.5) is 0 Å². The first-order chi connectivity index (χ1) is 20.6. The number of rotatable bonds is 11. The van der Waals surface area contributed by atoms with Crippen LogP contribution < -0.4 is 0 Å². The van der Waals surface area contributed by atoms with E-state index in [0.29, 0.717) is 11.1 Å². The van der Waals surface area contributed by atoms with Crippen LogP contribution in [0.15, 0.2) is 121 Å². The third-order valence-electron chi connectivity index (χ3n) is 7.08. The third kappa shape index (κ3) is 7.70. The van der Waals surface area contributed by atoms with Gasteiger partial charge in [0.05, 0.1) is 30.4 Å². The van der Waals surface area contributed by atoms with Crippen molar-refractivity contribution in [1.82, 2.24) is 0 Å². The summed E-state index contributed by atoms with van der Waals surface area (Å²) in [5.41, 5.74) is 2.75. The van der Waals surface area contributed by atoms with Gasteiger partial charge in [0, 0.05) is 0 Å². The highest BCUT2D eigenvalue weighted by atomic mass is 16.6. The van der Waals surface area contributed by atoms with Gasteiger partial charge < -0.3 is 23.7 Å². The predicted octanol–water partition coefficient (Wildman–Crippen LogP) is 6.03. The van der Waals surface area contributed by atoms with Crippen molar-refractivity contribution in [3.8, 4) is 0 Å². The van der Waals surface area contributed by atoms with Gasteiger partial charge in [-0.1, -0.05) is 97.1 Å². The molecule has 1 aliphatic rings. The van der Waals surface area contributed by atoms with E-state index < -0.39 is 42.5 Å². The van der Waals surface area contributed by atoms with E-state index in [9.17, 15) is 9.59 Å². The average molecular weight is 567 g/mol. The highest BCUT2D eigenvalue weighted by Gasteiger charge is 2.48. The van der Waals surface area contributed by atoms with Crippen LogP contribution in [-0.4, -0.2) is 49.1 Å². The van der Waals surface area contributed by atoms with Crippen LogP contribution in [0.5, 0.6) is 0 Å². The molecule has 1 heterocycles. The number of carbonyl (C=O) groups excluding carboxylic acids is 2. The summed E-state index contributed by atoms with van der Waals surface area (Å²) in [6.45, 7) is 2.29. The topological polar surface area (TPSA) is 80.3 Å². The van der Waals surface area contributed by atoms with Crippen molar-refractivity contribution in [3.05, 3.63) is 144 Å². The van der Waals surface area contributed by atoms with Gasteiger partial charge in [0.1, 0.15) is 24.9 Å². The molecule has 5 atom stereocenters. The first-order valence-electron chi connectivity index (χ1n) is 14.0. The molecule has 0 bridgehead atoms. The Morgan fingerprint density at radius 1 is 0.595 bits per heavy atom. The van der Waals surface area contributed by atoms with Gasteiger partial charge in [-0.25, -0.2) is 9.59 Å². The molecule has 0 aromatic heterocycles. The Morgan fingerprint density at radius 2 is 1.05 bits per heavy atom. The number of ether oxygens (including phenoxy) is 5. The molecule has 0 saturated carbocycles. The Hall–Kier alpha value is -4.30. The quantitative estimate of drug-likeness (QED) is 0.205. The van der Waals surface area contributed by atoms with E-state index in [1.807, 2.05) is 79.7 Å². The molecular formula is C35H34O7. The SMILES string of the molecule is C[C@H]1OC(COC(=O)c2ccccc2)[C@@H](OCc2ccccc2)[C@H](OC(=O)c2ccccc2)C1OCc1ccccc1. The molecule has 1 fully saturated rings. The van der Waals surface area contributed by atoms with Crippen molar-refractivity contribution in [1.29, 1.82) is 0 Å². The minimum atomic E-state index is -0.852. The van der Waals surface area contributed by atoms with E-state index in [1.54, 1.807) is 48.5 Å². The molecule has 0 radical (unpaired) electrons. The fraction of sp³-hybridized carbons (Fsp3) is 0.257. The molecule has 5 rings (SSSR count). The van der Waals surface area contributed by atoms with Crippen molar-refractivity contribution in [2.45, 2.75) is 50.7 Å². The van der Waals surface area contributed by atoms with Crippen LogP contribution in [0, 0.1) is 0 Å². The minimum absolute atomic E-state index is 0.0949. The Bertz CT molecular complexity index is 1400. The zero-order chi connectivity index (χ0) is 29.1. The zero-order valence-corrected chi connectivity index (χ0v) is 23.4. The number of benzene rings is 4. The lowest BCUT2D eigenvalue weighted by molar-refractivity contribution is -0.252. The Kier molecular flexibility index (Phi) is 10.1. The Labute approximate surface area is 246 Å². The second kappa shape index (κ2) is 14.5. The van der Waals surface area contributed by atoms with Crippen molar-refractivity contribution in [3.63, 3.8) is 0 Å². The molecule has 0 N–H and O–H groups in total. The van der Waals surface area contributed by atoms with Crippen molar-refractivity contribution < 1.29 is 33.3 Å². The van der Waals surface area contributed by atoms with Gasteiger partial charge in [0.25, 0.3) is 0 Å². The van der Waals surface area contributed by atoms with Crippen LogP contribution in [0.25, 0.3) is 0 Å². The molecule has 1 saturated heterocycles. The predicted molar refractivity (Wildman–Crippen MR) is 157 cm³/mol. The second-order valence-corrected chi connectivity index (χ2v) is 10.1. The normalized spacial score (nSPS) is 21.8. The summed E-state index contributed by atoms with van der Waals surface area (Å²) in [4.78, 5) is 26.2. The molecular weight excluding hydrogens is 532 g/mol. The lowest BCUT2D eigenvalue weighted by Gasteiger charge is -2.44. The van der Waals surface area contributed by atoms with Gasteiger partial charge in [-0.2, -0.15) is 0 Å². The van der Waals surface area contributed by atoms with Crippen LogP contribution in [0.2, 0.25) is 0 Å². The van der Waals surface area contributed by atoms with E-state index >= 15 is 0 Å². The summed E-state index contributed by atoms with van der Waals surface area (Å²) in [7, 11) is 0. The first-order valence-corrected chi connectivity index (χ1v) is 14.0. The number of hydrogen-bond acceptors (Lipinski definition) is 7. The largest absolute Gasteiger partial charge is 0.459 e. The molecule has 42 heavy (non-hydrogen) atoms. The molecule has 216 valence electrons. The van der Waals surface area contributed by atoms with Gasteiger partial charge in [0.15, 0.2) is 6.10 Å². The molecule has 2 unspecified atom stereocenters. The fourth-order valence-corrected chi connectivity index (χ4v) is 4.91. The van der Waals surface area contributed by atoms with E-state index in [4.69, 9.17) is 23.7 Å². The number of esters is 2. The average Bonchev–Trinajstić information content (AvgIpc) is 3.04. The van der Waals surface area contributed by atoms with Gasteiger partial charge in [-0.15, -0.1) is 0 Å². The van der Waals surface area contributed by atoms with Gasteiger partial charge in [-0.05, 0) is 42.3 Å². The summed E-state index contributed by atoms with van der Waals surface area (Å²) in [5, 5.41) is 0. The van der Waals surface area contributed by atoms with Crippen molar-refractivity contribution in [2.24, 2.45) is 0 Å². The van der Waals surface area contributed by atoms with Gasteiger partial charge >= 0.3 is 11.9 Å². The minimum Gasteiger partial charge on any atom is -0.459 e. The zero-order valence-electron chi connectivity index (χ0n) is 23.4. The third-order valence-corrected chi connectivity index (χ3v) is 7.08. The van der Waals surface area contributed by atoms with Crippen molar-refractivity contribution >= 4 is 11.9 Å². The standard InChI is InChI=1S/C35H34O7/c1-25-31(38-22-26-14-6-2-7-15-26)33(42-35(37)29-20-12-5-13-21-29)32(39-23-27-16-8-3-9-17-27)30(41-25)24-40-34(36)28-18-10-4-11-19-28/h2-21,25,30-33H,22-24H2,1H3/t25-,30?,31?,32-,33-/m1/s1. The Balaban J connectivity index is 1.41. The summed E-state index contributed by atoms with van der Waals surface area (Å²) >= 11 is 0. The summed E-state index contributed by atoms with van der Waals surface area (Å²) < 4.78 is 31.0. The molecule has 1 aliphatic heterocycles. The molecule has 7 nitrogen and oxygen atoms in total. The maximum absolute atomic E-state index is 13.4. The van der Waals surface area contributed by atoms with Crippen LogP contribution in [-0.2, 0) is 36.9 Å². The van der Waals surface area contributed by atoms with E-state index in [-0.39, 0.29) is 19.8 Å². The van der Waals surface area contributed by atoms with Crippen LogP contribution >= 0.6 is 0 Å². The highest BCUT2D eigenvalue weighted by molar-refractivity contribution is 5.90. The fourth-order valence-electron chi connectivity index (χ4n) is 4.91. The molecule has 0 amide bonds. The summed E-state index contributed by atoms with van der Waals surface area (Å²) in [6.07, 6.45) is -3.52. The van der Waals surface area contributed by atoms with Gasteiger partial charge in [-0.3, -0.25) is 0 Å². The molecule has 0 aliphatic carbocycles. The summed E-state index contributed by atoms with van der Waals surface area (Å²) in [5.74, 6) is -0.981. The maximum atomic E-state index is 13.4. The molecule has 7 heteroatoms. The van der Waals surface area contributed by atoms with E-state index in [1.165, 1.54) is 0 Å². The highest BCUT2D eigenvalue weighted by Crippen LogP contribution is 2.31. The summed E-state index contributed by atoms with van der Waals surface area (Å²) in [6, 6.07) is 37.0. The van der Waals surface area contributed by atoms with E-state index in [2.05, 4.69) is 0 Å². The monoisotopic (exact) mass is 566 g/mol. The lowest BCUT2D eigenvalue weighted by Crippen LogP contribution is -2.61. The second-order valence-electron chi connectivity index (χ2n) is 10.1. The molecule has 4 aromatic rings. The number of hydrogen-bond donors (Lipinski definition) is 0. The molecule has 0 spiro atoms. The first kappa shape index (κ1) is 29.2.